The van der Waals surface area contributed by atoms with Crippen molar-refractivity contribution in [2.24, 2.45) is 10.4 Å². The Bertz CT molecular complexity index is 2530. The van der Waals surface area contributed by atoms with Crippen LogP contribution in [0.4, 0.5) is 5.69 Å². The van der Waals surface area contributed by atoms with Crippen LogP contribution in [0.5, 0.6) is 17.2 Å². The summed E-state index contributed by atoms with van der Waals surface area (Å²) in [7, 11) is 3.18. The number of amidine groups is 1. The van der Waals surface area contributed by atoms with Gasteiger partial charge in [-0.15, -0.1) is 0 Å². The number of nitrogens with zero attached hydrogens (tertiary/aromatic N) is 3. The number of methoxy groups -OCH3 is 2. The number of rotatable bonds is 14. The number of aromatic nitrogens is 2. The van der Waals surface area contributed by atoms with Gasteiger partial charge in [-0.2, -0.15) is 0 Å². The molecule has 4 aromatic carbocycles. The minimum atomic E-state index is -1.19. The van der Waals surface area contributed by atoms with E-state index in [-0.39, 0.29) is 37.0 Å². The molecule has 0 aliphatic carbocycles. The number of H-pyrrole nitrogens is 1. The van der Waals surface area contributed by atoms with E-state index in [1.54, 1.807) is 72.3 Å². The maximum Gasteiger partial charge on any atom is 0.330 e. The molecule has 15 heteroatoms. The molecule has 1 aromatic heterocycles. The molecule has 1 amide bonds. The number of anilines is 1. The zero-order chi connectivity index (χ0) is 44.2. The molecule has 7 rings (SSSR count). The summed E-state index contributed by atoms with van der Waals surface area (Å²) in [6.07, 6.45) is -0.255. The monoisotopic (exact) mass is 844 g/mol. The third-order valence-corrected chi connectivity index (χ3v) is 10.6. The number of ether oxygens (including phenoxy) is 6. The summed E-state index contributed by atoms with van der Waals surface area (Å²) in [5, 5.41) is 11.4. The number of aliphatic imine (C=N–C) groups is 1. The summed E-state index contributed by atoms with van der Waals surface area (Å²) in [4.78, 5) is 60.3. The Morgan fingerprint density at radius 1 is 0.855 bits per heavy atom. The van der Waals surface area contributed by atoms with Crippen molar-refractivity contribution in [1.29, 1.82) is 0 Å². The lowest BCUT2D eigenvalue weighted by molar-refractivity contribution is -0.159. The third kappa shape index (κ3) is 8.96. The van der Waals surface area contributed by atoms with Crippen molar-refractivity contribution < 1.29 is 43.1 Å². The molecule has 0 spiro atoms. The highest BCUT2D eigenvalue weighted by molar-refractivity contribution is 6.28. The molecule has 2 N–H and O–H groups in total. The first-order valence-corrected chi connectivity index (χ1v) is 19.9. The zero-order valence-corrected chi connectivity index (χ0v) is 35.2. The molecule has 0 unspecified atom stereocenters. The molecule has 5 aromatic rings. The molecule has 0 saturated carbocycles. The molecule has 322 valence electrons. The number of hydrogen-bond donors (Lipinski definition) is 2. The topological polar surface area (TPSA) is 180 Å². The predicted molar refractivity (Wildman–Crippen MR) is 230 cm³/mol. The Morgan fingerprint density at radius 2 is 1.44 bits per heavy atom. The molecule has 0 bridgehead atoms. The van der Waals surface area contributed by atoms with Crippen LogP contribution in [0, 0.1) is 5.41 Å². The Kier molecular flexibility index (Phi) is 12.6. The SMILES string of the molecule is COc1ccc(C(OC[C@H]2O[C@@H](n3cc(N4C(=O)/C(=C\c5ccc(OCOC(=O)C(C)(C)C)cc5)N=C4C)c(=O)[nH]c3=O)C[C@@H]2O)(c2ccccc2)c2ccc(OC)cc2)cc1. The van der Waals surface area contributed by atoms with Gasteiger partial charge in [0.1, 0.15) is 52.4 Å². The van der Waals surface area contributed by atoms with Gasteiger partial charge in [0.25, 0.3) is 11.5 Å². The van der Waals surface area contributed by atoms with E-state index in [1.165, 1.54) is 6.20 Å². The van der Waals surface area contributed by atoms with Gasteiger partial charge in [-0.1, -0.05) is 66.7 Å². The zero-order valence-electron chi connectivity index (χ0n) is 35.2. The van der Waals surface area contributed by atoms with Crippen molar-refractivity contribution in [2.45, 2.75) is 58.2 Å². The van der Waals surface area contributed by atoms with Gasteiger partial charge in [-0.05, 0) is 92.4 Å². The summed E-state index contributed by atoms with van der Waals surface area (Å²) >= 11 is 0. The van der Waals surface area contributed by atoms with Crippen molar-refractivity contribution in [2.75, 3.05) is 32.5 Å². The number of benzene rings is 4. The van der Waals surface area contributed by atoms with Crippen LogP contribution in [0.15, 0.2) is 130 Å². The third-order valence-electron chi connectivity index (χ3n) is 10.6. The van der Waals surface area contributed by atoms with Gasteiger partial charge in [0.2, 0.25) is 6.79 Å². The minimum absolute atomic E-state index is 0.0201. The molecule has 0 radical (unpaired) electrons. The van der Waals surface area contributed by atoms with Gasteiger partial charge in [0, 0.05) is 12.6 Å². The van der Waals surface area contributed by atoms with E-state index in [9.17, 15) is 24.3 Å². The molecule has 1 fully saturated rings. The fourth-order valence-corrected chi connectivity index (χ4v) is 7.26. The van der Waals surface area contributed by atoms with Crippen molar-refractivity contribution >= 4 is 29.5 Å². The lowest BCUT2D eigenvalue weighted by atomic mass is 9.80. The highest BCUT2D eigenvalue weighted by Crippen LogP contribution is 2.43. The highest BCUT2D eigenvalue weighted by atomic mass is 16.7. The second-order valence-corrected chi connectivity index (χ2v) is 15.8. The number of carbonyl (C=O) groups excluding carboxylic acids is 2. The van der Waals surface area contributed by atoms with Crippen molar-refractivity contribution in [3.8, 4) is 17.2 Å². The van der Waals surface area contributed by atoms with Crippen LogP contribution in [0.3, 0.4) is 0 Å². The van der Waals surface area contributed by atoms with E-state index >= 15 is 0 Å². The second kappa shape index (κ2) is 18.0. The number of aliphatic hydroxyl groups is 1. The van der Waals surface area contributed by atoms with Crippen molar-refractivity contribution in [3.05, 3.63) is 158 Å². The Labute approximate surface area is 357 Å². The summed E-state index contributed by atoms with van der Waals surface area (Å²) in [5.74, 6) is 0.971. The largest absolute Gasteiger partial charge is 0.497 e. The summed E-state index contributed by atoms with van der Waals surface area (Å²) in [5.41, 5.74) is -0.589. The maximum absolute atomic E-state index is 13.8. The van der Waals surface area contributed by atoms with Crippen molar-refractivity contribution in [1.82, 2.24) is 9.55 Å². The number of hydrogen-bond acceptors (Lipinski definition) is 12. The van der Waals surface area contributed by atoms with Gasteiger partial charge in [0.05, 0.1) is 32.3 Å². The lowest BCUT2D eigenvalue weighted by Crippen LogP contribution is -2.40. The second-order valence-electron chi connectivity index (χ2n) is 15.8. The van der Waals surface area contributed by atoms with E-state index in [0.29, 0.717) is 22.8 Å². The molecule has 1 saturated heterocycles. The normalized spacial score (nSPS) is 18.5. The van der Waals surface area contributed by atoms with E-state index in [4.69, 9.17) is 28.4 Å². The smallest absolute Gasteiger partial charge is 0.330 e. The number of nitrogens with one attached hydrogen (secondary N) is 1. The first kappa shape index (κ1) is 43.3. The van der Waals surface area contributed by atoms with Gasteiger partial charge >= 0.3 is 11.7 Å². The van der Waals surface area contributed by atoms with Gasteiger partial charge in [-0.25, -0.2) is 9.79 Å². The Hall–Kier alpha value is -6.81. The fraction of sp³-hybridized carbons (Fsp3) is 0.298. The quantitative estimate of drug-likeness (QED) is 0.0585. The number of esters is 1. The van der Waals surface area contributed by atoms with E-state index in [2.05, 4.69) is 9.98 Å². The molecule has 15 nitrogen and oxygen atoms in total. The minimum Gasteiger partial charge on any atom is -0.497 e. The maximum atomic E-state index is 13.8. The average molecular weight is 845 g/mol. The number of carbonyl (C=O) groups is 2. The predicted octanol–water partition coefficient (Wildman–Crippen LogP) is 5.94. The fourth-order valence-electron chi connectivity index (χ4n) is 7.26. The highest BCUT2D eigenvalue weighted by Gasteiger charge is 2.43. The molecule has 2 aliphatic rings. The van der Waals surface area contributed by atoms with Crippen LogP contribution < -0.4 is 30.4 Å². The first-order chi connectivity index (χ1) is 29.7. The Balaban J connectivity index is 1.11. The van der Waals surface area contributed by atoms with Crippen LogP contribution >= 0.6 is 0 Å². The van der Waals surface area contributed by atoms with E-state index < -0.39 is 52.6 Å². The summed E-state index contributed by atoms with van der Waals surface area (Å²) < 4.78 is 36.0. The standard InChI is InChI=1S/C47H48N4O11/c1-29-48-37(24-30-12-18-36(19-13-30)59-28-60-44(55)46(2,3)4)43(54)51(29)38-26-50(45(56)49-42(38)53)41-25-39(52)40(62-41)27-61-47(31-10-8-7-9-11-31,32-14-20-34(57-5)21-15-32)33-16-22-35(58-6)23-17-33/h7-24,26,39-41,52H,25,27-28H2,1-6H3,(H,49,53,56)/b37-24+/t39-,40+,41+/m0/s1. The average Bonchev–Trinajstić information content (AvgIpc) is 3.77. The van der Waals surface area contributed by atoms with Gasteiger partial charge in [0.15, 0.2) is 0 Å². The van der Waals surface area contributed by atoms with Crippen LogP contribution in [-0.2, 0) is 29.4 Å². The lowest BCUT2D eigenvalue weighted by Gasteiger charge is -2.37. The number of amides is 1. The first-order valence-electron chi connectivity index (χ1n) is 19.9. The van der Waals surface area contributed by atoms with Crippen LogP contribution in [0.2, 0.25) is 0 Å². The summed E-state index contributed by atoms with van der Waals surface area (Å²) in [6, 6.07) is 31.4. The molecular weight excluding hydrogens is 797 g/mol. The molecule has 3 atom stereocenters. The number of aromatic amines is 1. The summed E-state index contributed by atoms with van der Waals surface area (Å²) in [6.45, 7) is 6.43. The van der Waals surface area contributed by atoms with Crippen molar-refractivity contribution in [3.63, 3.8) is 0 Å². The molecule has 3 heterocycles. The van der Waals surface area contributed by atoms with Crippen LogP contribution in [0.25, 0.3) is 6.08 Å². The van der Waals surface area contributed by atoms with Gasteiger partial charge in [-0.3, -0.25) is 28.8 Å². The van der Waals surface area contributed by atoms with Crippen LogP contribution in [-0.4, -0.2) is 72.2 Å². The Morgan fingerprint density at radius 3 is 2.02 bits per heavy atom. The van der Waals surface area contributed by atoms with E-state index in [0.717, 1.165) is 26.2 Å². The molecular formula is C47H48N4O11. The molecule has 2 aliphatic heterocycles. The molecule has 62 heavy (non-hydrogen) atoms. The van der Waals surface area contributed by atoms with Crippen LogP contribution in [0.1, 0.15) is 62.6 Å². The van der Waals surface area contributed by atoms with Gasteiger partial charge < -0.3 is 33.5 Å². The number of aliphatic hydroxyl groups excluding tert-OH is 1. The van der Waals surface area contributed by atoms with E-state index in [1.807, 2.05) is 78.9 Å².